The van der Waals surface area contributed by atoms with Crippen LogP contribution in [0, 0.1) is 5.82 Å². The largest absolute Gasteiger partial charge is 0.399 e. The Morgan fingerprint density at radius 3 is 2.82 bits per heavy atom. The Hall–Kier alpha value is -1.62. The number of rotatable bonds is 6. The number of unbranched alkanes of at least 4 members (excludes halogenated alkanes) is 1. The van der Waals surface area contributed by atoms with E-state index in [4.69, 9.17) is 10.5 Å². The number of halogens is 1. The maximum atomic E-state index is 13.0. The first-order chi connectivity index (χ1) is 8.13. The molecule has 0 aliphatic heterocycles. The number of carbonyl (C=O) groups is 1. The number of carbonyl (C=O) groups excluding carboxylic acids is 1. The van der Waals surface area contributed by atoms with E-state index in [0.717, 1.165) is 12.8 Å². The molecule has 17 heavy (non-hydrogen) atoms. The van der Waals surface area contributed by atoms with Crippen LogP contribution in [0.5, 0.6) is 0 Å². The number of hydrogen-bond acceptors (Lipinski definition) is 3. The van der Waals surface area contributed by atoms with E-state index in [1.165, 1.54) is 18.2 Å². The third-order valence-corrected chi connectivity index (χ3v) is 2.24. The van der Waals surface area contributed by atoms with Crippen LogP contribution in [0.15, 0.2) is 18.2 Å². The van der Waals surface area contributed by atoms with Gasteiger partial charge in [-0.25, -0.2) is 4.39 Å². The molecule has 0 atom stereocenters. The predicted molar refractivity (Wildman–Crippen MR) is 64.3 cm³/mol. The van der Waals surface area contributed by atoms with Gasteiger partial charge in [0.2, 0.25) is 0 Å². The minimum Gasteiger partial charge on any atom is -0.399 e. The Morgan fingerprint density at radius 2 is 2.18 bits per heavy atom. The molecule has 0 aliphatic carbocycles. The van der Waals surface area contributed by atoms with Crippen molar-refractivity contribution in [3.05, 3.63) is 29.6 Å². The number of amides is 1. The quantitative estimate of drug-likeness (QED) is 0.586. The van der Waals surface area contributed by atoms with Gasteiger partial charge in [-0.2, -0.15) is 0 Å². The predicted octanol–water partition coefficient (Wildman–Crippen LogP) is 1.56. The Bertz CT molecular complexity index is 363. The number of nitrogen functional groups attached to an aromatic ring is 1. The first-order valence-corrected chi connectivity index (χ1v) is 5.46. The lowest BCUT2D eigenvalue weighted by atomic mass is 10.2. The van der Waals surface area contributed by atoms with Crippen LogP contribution < -0.4 is 11.1 Å². The van der Waals surface area contributed by atoms with E-state index in [9.17, 15) is 9.18 Å². The van der Waals surface area contributed by atoms with Crippen LogP contribution in [-0.2, 0) is 4.74 Å². The summed E-state index contributed by atoms with van der Waals surface area (Å²) < 4.78 is 17.9. The first-order valence-electron chi connectivity index (χ1n) is 5.46. The summed E-state index contributed by atoms with van der Waals surface area (Å²) in [5, 5.41) is 2.70. The molecule has 0 unspecified atom stereocenters. The van der Waals surface area contributed by atoms with Crippen molar-refractivity contribution >= 4 is 11.6 Å². The molecule has 1 amide bonds. The number of hydrogen-bond donors (Lipinski definition) is 2. The van der Waals surface area contributed by atoms with Crippen molar-refractivity contribution < 1.29 is 13.9 Å². The average molecular weight is 240 g/mol. The normalized spacial score (nSPS) is 10.2. The highest BCUT2D eigenvalue weighted by atomic mass is 19.1. The number of benzene rings is 1. The molecular weight excluding hydrogens is 223 g/mol. The summed E-state index contributed by atoms with van der Waals surface area (Å²) in [5.74, 6) is -0.817. The minimum absolute atomic E-state index is 0.245. The van der Waals surface area contributed by atoms with E-state index in [1.807, 2.05) is 0 Å². The minimum atomic E-state index is -0.505. The van der Waals surface area contributed by atoms with Crippen molar-refractivity contribution in [3.8, 4) is 0 Å². The molecular formula is C12H17FN2O2. The maximum Gasteiger partial charge on any atom is 0.251 e. The van der Waals surface area contributed by atoms with Crippen molar-refractivity contribution in [1.82, 2.24) is 5.32 Å². The Labute approximate surface area is 100.0 Å². The lowest BCUT2D eigenvalue weighted by Crippen LogP contribution is -2.24. The smallest absolute Gasteiger partial charge is 0.251 e. The van der Waals surface area contributed by atoms with Gasteiger partial charge < -0.3 is 15.8 Å². The molecule has 0 bridgehead atoms. The molecule has 94 valence electrons. The van der Waals surface area contributed by atoms with Crippen molar-refractivity contribution in [1.29, 1.82) is 0 Å². The summed E-state index contributed by atoms with van der Waals surface area (Å²) >= 11 is 0. The van der Waals surface area contributed by atoms with E-state index >= 15 is 0 Å². The molecule has 0 heterocycles. The van der Waals surface area contributed by atoms with Crippen LogP contribution in [0.3, 0.4) is 0 Å². The van der Waals surface area contributed by atoms with Gasteiger partial charge in [-0.15, -0.1) is 0 Å². The number of ether oxygens (including phenoxy) is 1. The monoisotopic (exact) mass is 240 g/mol. The number of nitrogens with one attached hydrogen (secondary N) is 1. The highest BCUT2D eigenvalue weighted by Crippen LogP contribution is 2.10. The lowest BCUT2D eigenvalue weighted by Gasteiger charge is -2.06. The maximum absolute atomic E-state index is 13.0. The molecule has 0 aliphatic rings. The molecule has 1 rings (SSSR count). The van der Waals surface area contributed by atoms with Crippen molar-refractivity contribution in [2.24, 2.45) is 0 Å². The van der Waals surface area contributed by atoms with Gasteiger partial charge in [0.05, 0.1) is 0 Å². The van der Waals surface area contributed by atoms with Crippen LogP contribution in [0.2, 0.25) is 0 Å². The summed E-state index contributed by atoms with van der Waals surface area (Å²) in [6.07, 6.45) is 1.70. The number of methoxy groups -OCH3 is 1. The van der Waals surface area contributed by atoms with Crippen molar-refractivity contribution in [3.63, 3.8) is 0 Å². The molecule has 0 saturated carbocycles. The molecule has 3 N–H and O–H groups in total. The van der Waals surface area contributed by atoms with Crippen LogP contribution in [0.25, 0.3) is 0 Å². The van der Waals surface area contributed by atoms with Gasteiger partial charge in [-0.05, 0) is 31.0 Å². The number of nitrogens with two attached hydrogens (primary N) is 1. The molecule has 0 radical (unpaired) electrons. The fourth-order valence-electron chi connectivity index (χ4n) is 1.42. The zero-order valence-electron chi connectivity index (χ0n) is 9.83. The Morgan fingerprint density at radius 1 is 1.41 bits per heavy atom. The van der Waals surface area contributed by atoms with Crippen LogP contribution in [-0.4, -0.2) is 26.2 Å². The lowest BCUT2D eigenvalue weighted by molar-refractivity contribution is 0.0951. The Balaban J connectivity index is 2.41. The van der Waals surface area contributed by atoms with Gasteiger partial charge in [0.1, 0.15) is 5.82 Å². The summed E-state index contributed by atoms with van der Waals surface area (Å²) in [6.45, 7) is 1.21. The molecule has 0 fully saturated rings. The van der Waals surface area contributed by atoms with Gasteiger partial charge in [-0.1, -0.05) is 0 Å². The standard InChI is InChI=1S/C12H17FN2O2/c1-17-5-3-2-4-15-12(16)9-6-10(13)8-11(14)7-9/h6-8H,2-5,14H2,1H3,(H,15,16). The second kappa shape index (κ2) is 6.85. The van der Waals surface area contributed by atoms with Gasteiger partial charge in [0, 0.05) is 31.5 Å². The van der Waals surface area contributed by atoms with E-state index in [-0.39, 0.29) is 17.2 Å². The molecule has 0 saturated heterocycles. The molecule has 0 spiro atoms. The van der Waals surface area contributed by atoms with E-state index in [1.54, 1.807) is 7.11 Å². The van der Waals surface area contributed by atoms with Crippen LogP contribution >= 0.6 is 0 Å². The molecule has 5 heteroatoms. The molecule has 1 aromatic carbocycles. The second-order valence-corrected chi connectivity index (χ2v) is 3.73. The summed E-state index contributed by atoms with van der Waals surface area (Å²) in [4.78, 5) is 11.6. The highest BCUT2D eigenvalue weighted by Gasteiger charge is 2.07. The molecule has 1 aromatic rings. The highest BCUT2D eigenvalue weighted by molar-refractivity contribution is 5.95. The fraction of sp³-hybridized carbons (Fsp3) is 0.417. The topological polar surface area (TPSA) is 64.3 Å². The molecule has 4 nitrogen and oxygen atoms in total. The third-order valence-electron chi connectivity index (χ3n) is 2.24. The average Bonchev–Trinajstić information content (AvgIpc) is 2.27. The number of anilines is 1. The Kier molecular flexibility index (Phi) is 5.42. The SMILES string of the molecule is COCCCCNC(=O)c1cc(N)cc(F)c1. The van der Waals surface area contributed by atoms with Crippen LogP contribution in [0.1, 0.15) is 23.2 Å². The van der Waals surface area contributed by atoms with E-state index in [2.05, 4.69) is 5.32 Å². The van der Waals surface area contributed by atoms with Gasteiger partial charge in [0.15, 0.2) is 0 Å². The van der Waals surface area contributed by atoms with E-state index < -0.39 is 5.82 Å². The van der Waals surface area contributed by atoms with Crippen molar-refractivity contribution in [2.75, 3.05) is 26.0 Å². The first kappa shape index (κ1) is 13.4. The second-order valence-electron chi connectivity index (χ2n) is 3.73. The van der Waals surface area contributed by atoms with E-state index in [0.29, 0.717) is 13.2 Å². The fourth-order valence-corrected chi connectivity index (χ4v) is 1.42. The summed E-state index contributed by atoms with van der Waals surface area (Å²) in [5.41, 5.74) is 5.94. The third kappa shape index (κ3) is 4.82. The van der Waals surface area contributed by atoms with Gasteiger partial charge >= 0.3 is 0 Å². The van der Waals surface area contributed by atoms with Crippen LogP contribution in [0.4, 0.5) is 10.1 Å². The summed E-state index contributed by atoms with van der Waals surface area (Å²) in [6, 6.07) is 3.80. The van der Waals surface area contributed by atoms with Gasteiger partial charge in [0.25, 0.3) is 5.91 Å². The van der Waals surface area contributed by atoms with Crippen molar-refractivity contribution in [2.45, 2.75) is 12.8 Å². The molecule has 0 aromatic heterocycles. The zero-order valence-corrected chi connectivity index (χ0v) is 9.83. The zero-order chi connectivity index (χ0) is 12.7. The summed E-state index contributed by atoms with van der Waals surface area (Å²) in [7, 11) is 1.63. The van der Waals surface area contributed by atoms with Gasteiger partial charge in [-0.3, -0.25) is 4.79 Å².